The van der Waals surface area contributed by atoms with E-state index in [-0.39, 0.29) is 0 Å². The van der Waals surface area contributed by atoms with Gasteiger partial charge in [0.1, 0.15) is 0 Å². The fraction of sp³-hybridized carbons (Fsp3) is 1.00. The summed E-state index contributed by atoms with van der Waals surface area (Å²) in [6, 6.07) is 0.618. The van der Waals surface area contributed by atoms with E-state index in [1.807, 2.05) is 0 Å². The fourth-order valence-corrected chi connectivity index (χ4v) is 2.00. The summed E-state index contributed by atoms with van der Waals surface area (Å²) in [5.74, 6) is 2.58. The Labute approximate surface area is 97.0 Å². The van der Waals surface area contributed by atoms with Gasteiger partial charge < -0.3 is 5.32 Å². The van der Waals surface area contributed by atoms with Crippen LogP contribution in [0.4, 0.5) is 0 Å². The van der Waals surface area contributed by atoms with Crippen molar-refractivity contribution in [2.75, 3.05) is 6.54 Å². The first-order valence-corrected chi connectivity index (χ1v) is 6.74. The predicted molar refractivity (Wildman–Crippen MR) is 70.2 cm³/mol. The lowest BCUT2D eigenvalue weighted by Crippen LogP contribution is -2.31. The molecule has 1 nitrogen and oxygen atoms in total. The highest BCUT2D eigenvalue weighted by Crippen LogP contribution is 2.23. The van der Waals surface area contributed by atoms with Gasteiger partial charge in [-0.25, -0.2) is 0 Å². The SMILES string of the molecule is CCC(CC)CC(C)C(C)CNC(C)C. The van der Waals surface area contributed by atoms with Gasteiger partial charge in [0.25, 0.3) is 0 Å². The van der Waals surface area contributed by atoms with E-state index >= 15 is 0 Å². The van der Waals surface area contributed by atoms with E-state index in [0.717, 1.165) is 17.8 Å². The van der Waals surface area contributed by atoms with Gasteiger partial charge in [0, 0.05) is 6.04 Å². The highest BCUT2D eigenvalue weighted by atomic mass is 14.9. The summed E-state index contributed by atoms with van der Waals surface area (Å²) < 4.78 is 0. The standard InChI is InChI=1S/C14H31N/c1-7-14(8-2)9-12(5)13(6)10-15-11(3)4/h11-15H,7-10H2,1-6H3. The molecular formula is C14H31N. The van der Waals surface area contributed by atoms with Crippen molar-refractivity contribution in [2.45, 2.75) is 66.8 Å². The molecule has 0 aliphatic heterocycles. The van der Waals surface area contributed by atoms with Gasteiger partial charge in [-0.15, -0.1) is 0 Å². The Morgan fingerprint density at radius 3 is 1.80 bits per heavy atom. The van der Waals surface area contributed by atoms with Crippen LogP contribution in [0.25, 0.3) is 0 Å². The van der Waals surface area contributed by atoms with Crippen LogP contribution in [0.15, 0.2) is 0 Å². The fourth-order valence-electron chi connectivity index (χ4n) is 2.00. The molecule has 1 heteroatoms. The van der Waals surface area contributed by atoms with Gasteiger partial charge in [-0.1, -0.05) is 54.4 Å². The van der Waals surface area contributed by atoms with Gasteiger partial charge in [0.05, 0.1) is 0 Å². The average Bonchev–Trinajstić information content (AvgIpc) is 2.21. The maximum atomic E-state index is 3.54. The molecule has 0 aliphatic rings. The third-order valence-corrected chi connectivity index (χ3v) is 3.68. The molecule has 0 fully saturated rings. The average molecular weight is 213 g/mol. The van der Waals surface area contributed by atoms with Gasteiger partial charge in [0.2, 0.25) is 0 Å². The van der Waals surface area contributed by atoms with Crippen molar-refractivity contribution in [2.24, 2.45) is 17.8 Å². The van der Waals surface area contributed by atoms with Gasteiger partial charge in [-0.3, -0.25) is 0 Å². The number of hydrogen-bond donors (Lipinski definition) is 1. The summed E-state index contributed by atoms with van der Waals surface area (Å²) in [7, 11) is 0. The Morgan fingerprint density at radius 1 is 0.867 bits per heavy atom. The minimum atomic E-state index is 0.618. The molecule has 0 bridgehead atoms. The van der Waals surface area contributed by atoms with Crippen molar-refractivity contribution in [3.05, 3.63) is 0 Å². The third kappa shape index (κ3) is 6.94. The van der Waals surface area contributed by atoms with Crippen LogP contribution in [0.3, 0.4) is 0 Å². The summed E-state index contributed by atoms with van der Waals surface area (Å²) >= 11 is 0. The van der Waals surface area contributed by atoms with E-state index in [9.17, 15) is 0 Å². The summed E-state index contributed by atoms with van der Waals surface area (Å²) in [5, 5.41) is 3.54. The number of hydrogen-bond acceptors (Lipinski definition) is 1. The Balaban J connectivity index is 3.81. The van der Waals surface area contributed by atoms with Crippen molar-refractivity contribution >= 4 is 0 Å². The molecule has 0 spiro atoms. The normalized spacial score (nSPS) is 16.0. The van der Waals surface area contributed by atoms with Gasteiger partial charge in [0.15, 0.2) is 0 Å². The monoisotopic (exact) mass is 213 g/mol. The van der Waals surface area contributed by atoms with Crippen LogP contribution in [0.1, 0.15) is 60.8 Å². The molecule has 0 rings (SSSR count). The van der Waals surface area contributed by atoms with Gasteiger partial charge in [-0.05, 0) is 30.7 Å². The van der Waals surface area contributed by atoms with Gasteiger partial charge in [-0.2, -0.15) is 0 Å². The van der Waals surface area contributed by atoms with Crippen molar-refractivity contribution < 1.29 is 0 Å². The Kier molecular flexibility index (Phi) is 8.13. The molecule has 0 aromatic carbocycles. The second-order valence-electron chi connectivity index (χ2n) is 5.44. The molecule has 0 radical (unpaired) electrons. The zero-order chi connectivity index (χ0) is 11.8. The first-order chi connectivity index (χ1) is 7.01. The largest absolute Gasteiger partial charge is 0.314 e. The van der Waals surface area contributed by atoms with E-state index in [0.29, 0.717) is 6.04 Å². The van der Waals surface area contributed by atoms with E-state index in [4.69, 9.17) is 0 Å². The molecule has 15 heavy (non-hydrogen) atoms. The van der Waals surface area contributed by atoms with Crippen LogP contribution in [0.5, 0.6) is 0 Å². The lowest BCUT2D eigenvalue weighted by molar-refractivity contribution is 0.280. The Bertz CT molecular complexity index is 138. The number of rotatable bonds is 8. The van der Waals surface area contributed by atoms with Crippen LogP contribution in [-0.2, 0) is 0 Å². The molecule has 0 heterocycles. The van der Waals surface area contributed by atoms with Crippen LogP contribution in [0, 0.1) is 17.8 Å². The van der Waals surface area contributed by atoms with Gasteiger partial charge >= 0.3 is 0 Å². The van der Waals surface area contributed by atoms with Crippen LogP contribution < -0.4 is 5.32 Å². The Hall–Kier alpha value is -0.0400. The van der Waals surface area contributed by atoms with Crippen LogP contribution in [-0.4, -0.2) is 12.6 Å². The maximum absolute atomic E-state index is 3.54. The van der Waals surface area contributed by atoms with E-state index in [1.165, 1.54) is 25.8 Å². The van der Waals surface area contributed by atoms with Crippen molar-refractivity contribution in [1.29, 1.82) is 0 Å². The summed E-state index contributed by atoms with van der Waals surface area (Å²) in [6.45, 7) is 15.0. The molecule has 0 aromatic rings. The topological polar surface area (TPSA) is 12.0 Å². The molecule has 0 aliphatic carbocycles. The molecule has 0 saturated heterocycles. The van der Waals surface area contributed by atoms with Crippen LogP contribution in [0.2, 0.25) is 0 Å². The summed E-state index contributed by atoms with van der Waals surface area (Å²) in [4.78, 5) is 0. The molecule has 2 unspecified atom stereocenters. The molecule has 92 valence electrons. The molecule has 2 atom stereocenters. The lowest BCUT2D eigenvalue weighted by Gasteiger charge is -2.25. The van der Waals surface area contributed by atoms with Crippen LogP contribution >= 0.6 is 0 Å². The minimum absolute atomic E-state index is 0.618. The van der Waals surface area contributed by atoms with E-state index in [2.05, 4.69) is 46.9 Å². The van der Waals surface area contributed by atoms with E-state index < -0.39 is 0 Å². The molecule has 1 N–H and O–H groups in total. The minimum Gasteiger partial charge on any atom is -0.314 e. The first-order valence-electron chi connectivity index (χ1n) is 6.74. The van der Waals surface area contributed by atoms with Crippen molar-refractivity contribution in [3.8, 4) is 0 Å². The van der Waals surface area contributed by atoms with Crippen molar-refractivity contribution in [1.82, 2.24) is 5.32 Å². The first kappa shape index (κ1) is 15.0. The molecule has 0 saturated carbocycles. The summed E-state index contributed by atoms with van der Waals surface area (Å²) in [6.07, 6.45) is 4.07. The zero-order valence-corrected chi connectivity index (χ0v) is 11.6. The molecule has 0 amide bonds. The van der Waals surface area contributed by atoms with E-state index in [1.54, 1.807) is 0 Å². The second kappa shape index (κ2) is 8.15. The second-order valence-corrected chi connectivity index (χ2v) is 5.44. The smallest absolute Gasteiger partial charge is 0.00104 e. The lowest BCUT2D eigenvalue weighted by atomic mass is 9.84. The predicted octanol–water partition coefficient (Wildman–Crippen LogP) is 4.08. The third-order valence-electron chi connectivity index (χ3n) is 3.68. The maximum Gasteiger partial charge on any atom is 0.00104 e. The highest BCUT2D eigenvalue weighted by molar-refractivity contribution is 4.69. The number of nitrogens with one attached hydrogen (secondary N) is 1. The molecular weight excluding hydrogens is 182 g/mol. The Morgan fingerprint density at radius 2 is 1.40 bits per heavy atom. The summed E-state index contributed by atoms with van der Waals surface area (Å²) in [5.41, 5.74) is 0. The van der Waals surface area contributed by atoms with Crippen molar-refractivity contribution in [3.63, 3.8) is 0 Å². The zero-order valence-electron chi connectivity index (χ0n) is 11.6. The molecule has 0 aromatic heterocycles. The quantitative estimate of drug-likeness (QED) is 0.640. The highest BCUT2D eigenvalue weighted by Gasteiger charge is 2.16.